The van der Waals surface area contributed by atoms with Gasteiger partial charge in [-0.1, -0.05) is 54.8 Å². The predicted molar refractivity (Wildman–Crippen MR) is 124 cm³/mol. The zero-order valence-corrected chi connectivity index (χ0v) is 18.8. The number of benzene rings is 2. The van der Waals surface area contributed by atoms with E-state index in [0.29, 0.717) is 28.6 Å². The molecule has 2 N–H and O–H groups in total. The Morgan fingerprint density at radius 3 is 2.38 bits per heavy atom. The van der Waals surface area contributed by atoms with Gasteiger partial charge in [-0.15, -0.1) is 0 Å². The van der Waals surface area contributed by atoms with Gasteiger partial charge >= 0.3 is 0 Å². The molecule has 0 bridgehead atoms. The van der Waals surface area contributed by atoms with E-state index in [0.717, 1.165) is 18.4 Å². The Kier molecular flexibility index (Phi) is 6.02. The number of rotatable bonds is 4. The lowest BCUT2D eigenvalue weighted by Crippen LogP contribution is -2.51. The molecule has 2 aromatic carbocycles. The maximum atomic E-state index is 13.3. The topological polar surface area (TPSA) is 93.1 Å². The van der Waals surface area contributed by atoms with Crippen molar-refractivity contribution in [3.63, 3.8) is 0 Å². The van der Waals surface area contributed by atoms with Crippen LogP contribution in [0, 0.1) is 0 Å². The lowest BCUT2D eigenvalue weighted by Gasteiger charge is -2.28. The van der Waals surface area contributed by atoms with Crippen LogP contribution in [-0.4, -0.2) is 21.6 Å². The van der Waals surface area contributed by atoms with Gasteiger partial charge in [-0.05, 0) is 50.5 Å². The van der Waals surface area contributed by atoms with E-state index in [1.165, 1.54) is 4.68 Å². The Labute approximate surface area is 190 Å². The number of hydrogen-bond acceptors (Lipinski definition) is 4. The van der Waals surface area contributed by atoms with E-state index >= 15 is 0 Å². The molecule has 0 atom stereocenters. The zero-order chi connectivity index (χ0) is 22.9. The van der Waals surface area contributed by atoms with E-state index in [9.17, 15) is 14.4 Å². The Morgan fingerprint density at radius 1 is 1.03 bits per heavy atom. The Morgan fingerprint density at radius 2 is 1.72 bits per heavy atom. The number of fused-ring (bicyclic) bond motifs is 1. The molecular formula is C24H25ClN4O3. The summed E-state index contributed by atoms with van der Waals surface area (Å²) < 4.78 is 1.28. The Hall–Kier alpha value is -3.19. The molecule has 0 unspecified atom stereocenters. The number of carbonyl (C=O) groups is 2. The van der Waals surface area contributed by atoms with E-state index in [4.69, 9.17) is 11.6 Å². The fourth-order valence-corrected chi connectivity index (χ4v) is 4.62. The van der Waals surface area contributed by atoms with E-state index in [1.807, 2.05) is 32.0 Å². The van der Waals surface area contributed by atoms with E-state index < -0.39 is 11.3 Å². The molecule has 0 aliphatic heterocycles. The number of nitrogens with zero attached hydrogens (tertiary/aromatic N) is 2. The number of hydrazine groups is 1. The van der Waals surface area contributed by atoms with Gasteiger partial charge in [0.1, 0.15) is 0 Å². The second kappa shape index (κ2) is 8.74. The molecule has 1 fully saturated rings. The summed E-state index contributed by atoms with van der Waals surface area (Å²) in [6, 6.07) is 13.9. The largest absolute Gasteiger partial charge is 0.290 e. The van der Waals surface area contributed by atoms with Crippen molar-refractivity contribution in [1.29, 1.82) is 0 Å². The summed E-state index contributed by atoms with van der Waals surface area (Å²) >= 11 is 6.17. The summed E-state index contributed by atoms with van der Waals surface area (Å²) in [4.78, 5) is 39.0. The summed E-state index contributed by atoms with van der Waals surface area (Å²) in [7, 11) is 0. The first-order valence-electron chi connectivity index (χ1n) is 10.7. The standard InChI is InChI=1S/C24H25ClN4O3/c1-15(2)29-22(31)19-11-4-3-10-18(19)20(28-29)21(30)26-27-23(32)24(12-5-6-13-24)16-8-7-9-17(25)14-16/h3-4,7-11,14-15H,5-6,12-13H2,1-2H3,(H,26,30)(H,27,32). The van der Waals surface area contributed by atoms with Gasteiger partial charge in [0, 0.05) is 10.4 Å². The molecule has 166 valence electrons. The third kappa shape index (κ3) is 3.88. The SMILES string of the molecule is CC(C)n1nc(C(=O)NNC(=O)C2(c3cccc(Cl)c3)CCCC2)c2ccccc2c1=O. The summed E-state index contributed by atoms with van der Waals surface area (Å²) in [5.74, 6) is -0.865. The zero-order valence-electron chi connectivity index (χ0n) is 18.0. The van der Waals surface area contributed by atoms with E-state index in [-0.39, 0.29) is 23.2 Å². The fraction of sp³-hybridized carbons (Fsp3) is 0.333. The highest BCUT2D eigenvalue weighted by molar-refractivity contribution is 6.30. The van der Waals surface area contributed by atoms with Crippen LogP contribution >= 0.6 is 11.6 Å². The first-order chi connectivity index (χ1) is 15.3. The second-order valence-corrected chi connectivity index (χ2v) is 8.88. The molecule has 0 radical (unpaired) electrons. The highest BCUT2D eigenvalue weighted by atomic mass is 35.5. The molecule has 3 aromatic rings. The van der Waals surface area contributed by atoms with Crippen LogP contribution in [0.15, 0.2) is 53.3 Å². The summed E-state index contributed by atoms with van der Waals surface area (Å²) in [5, 5.41) is 5.69. The Balaban J connectivity index is 1.62. The van der Waals surface area contributed by atoms with Gasteiger partial charge in [-0.2, -0.15) is 5.10 Å². The van der Waals surface area contributed by atoms with Crippen molar-refractivity contribution in [3.8, 4) is 0 Å². The molecule has 0 saturated heterocycles. The van der Waals surface area contributed by atoms with Gasteiger partial charge in [0.25, 0.3) is 11.5 Å². The van der Waals surface area contributed by atoms with Crippen LogP contribution in [0.4, 0.5) is 0 Å². The predicted octanol–water partition coefficient (Wildman–Crippen LogP) is 3.90. The normalized spacial score (nSPS) is 15.1. The van der Waals surface area contributed by atoms with Crippen LogP contribution in [0.5, 0.6) is 0 Å². The van der Waals surface area contributed by atoms with Crippen molar-refractivity contribution in [2.24, 2.45) is 0 Å². The van der Waals surface area contributed by atoms with Crippen molar-refractivity contribution in [1.82, 2.24) is 20.6 Å². The van der Waals surface area contributed by atoms with Crippen LogP contribution in [-0.2, 0) is 10.2 Å². The van der Waals surface area contributed by atoms with Gasteiger partial charge in [0.2, 0.25) is 5.91 Å². The third-order valence-electron chi connectivity index (χ3n) is 6.09. The molecule has 4 rings (SSSR count). The minimum Gasteiger partial charge on any atom is -0.272 e. The third-order valence-corrected chi connectivity index (χ3v) is 6.33. The molecule has 1 aromatic heterocycles. The maximum Gasteiger partial charge on any atom is 0.290 e. The molecular weight excluding hydrogens is 428 g/mol. The fourth-order valence-electron chi connectivity index (χ4n) is 4.43. The van der Waals surface area contributed by atoms with Crippen molar-refractivity contribution in [3.05, 3.63) is 75.2 Å². The average Bonchev–Trinajstić information content (AvgIpc) is 3.29. The van der Waals surface area contributed by atoms with E-state index in [2.05, 4.69) is 16.0 Å². The molecule has 1 aliphatic rings. The molecule has 1 saturated carbocycles. The molecule has 1 aliphatic carbocycles. The Bertz CT molecular complexity index is 1250. The van der Waals surface area contributed by atoms with Crippen molar-refractivity contribution in [2.45, 2.75) is 51.0 Å². The van der Waals surface area contributed by atoms with Crippen LogP contribution in [0.25, 0.3) is 10.8 Å². The average molecular weight is 453 g/mol. The number of hydrogen-bond donors (Lipinski definition) is 2. The minimum atomic E-state index is -0.746. The highest BCUT2D eigenvalue weighted by Crippen LogP contribution is 2.41. The smallest absolute Gasteiger partial charge is 0.272 e. The number of amides is 2. The lowest BCUT2D eigenvalue weighted by atomic mass is 9.78. The van der Waals surface area contributed by atoms with Crippen LogP contribution < -0.4 is 16.4 Å². The molecule has 2 amide bonds. The van der Waals surface area contributed by atoms with Gasteiger partial charge in [0.15, 0.2) is 5.69 Å². The number of nitrogens with one attached hydrogen (secondary N) is 2. The number of aromatic nitrogens is 2. The maximum absolute atomic E-state index is 13.3. The molecule has 0 spiro atoms. The molecule has 1 heterocycles. The summed E-state index contributed by atoms with van der Waals surface area (Å²) in [6.07, 6.45) is 3.18. The number of carbonyl (C=O) groups excluding carboxylic acids is 2. The quantitative estimate of drug-likeness (QED) is 0.587. The van der Waals surface area contributed by atoms with E-state index in [1.54, 1.807) is 30.3 Å². The number of halogens is 1. The lowest BCUT2D eigenvalue weighted by molar-refractivity contribution is -0.127. The highest BCUT2D eigenvalue weighted by Gasteiger charge is 2.43. The van der Waals surface area contributed by atoms with Gasteiger partial charge in [-0.25, -0.2) is 4.68 Å². The van der Waals surface area contributed by atoms with Crippen molar-refractivity contribution in [2.75, 3.05) is 0 Å². The second-order valence-electron chi connectivity index (χ2n) is 8.45. The molecule has 8 heteroatoms. The van der Waals surface area contributed by atoms with Crippen molar-refractivity contribution < 1.29 is 9.59 Å². The molecule has 7 nitrogen and oxygen atoms in total. The molecule has 32 heavy (non-hydrogen) atoms. The summed E-state index contributed by atoms with van der Waals surface area (Å²) in [6.45, 7) is 3.64. The first kappa shape index (κ1) is 22.0. The monoisotopic (exact) mass is 452 g/mol. The summed E-state index contributed by atoms with van der Waals surface area (Å²) in [5.41, 5.74) is 5.03. The van der Waals surface area contributed by atoms with Crippen molar-refractivity contribution >= 4 is 34.2 Å². The van der Waals surface area contributed by atoms with Crippen LogP contribution in [0.2, 0.25) is 5.02 Å². The minimum absolute atomic E-state index is 0.0810. The van der Waals surface area contributed by atoms with Gasteiger partial charge in [-0.3, -0.25) is 25.2 Å². The van der Waals surface area contributed by atoms with Gasteiger partial charge in [0.05, 0.1) is 16.8 Å². The van der Waals surface area contributed by atoms with Gasteiger partial charge < -0.3 is 0 Å². The van der Waals surface area contributed by atoms with Crippen LogP contribution in [0.3, 0.4) is 0 Å². The first-order valence-corrected chi connectivity index (χ1v) is 11.1. The van der Waals surface area contributed by atoms with Crippen LogP contribution in [0.1, 0.15) is 61.6 Å².